The van der Waals surface area contributed by atoms with Gasteiger partial charge in [-0.2, -0.15) is 0 Å². The maximum Gasteiger partial charge on any atom is 0.270 e. The Bertz CT molecular complexity index is 983. The van der Waals surface area contributed by atoms with E-state index in [1.54, 1.807) is 18.2 Å². The van der Waals surface area contributed by atoms with Gasteiger partial charge in [-0.15, -0.1) is 0 Å². The van der Waals surface area contributed by atoms with Gasteiger partial charge in [-0.1, -0.05) is 0 Å². The normalized spacial score (nSPS) is 15.9. The third-order valence-corrected chi connectivity index (χ3v) is 4.87. The van der Waals surface area contributed by atoms with Crippen LogP contribution >= 0.6 is 0 Å². The van der Waals surface area contributed by atoms with Crippen molar-refractivity contribution in [2.45, 2.75) is 31.5 Å². The number of ether oxygens (including phenoxy) is 3. The highest BCUT2D eigenvalue weighted by Gasteiger charge is 2.44. The highest BCUT2D eigenvalue weighted by Crippen LogP contribution is 2.47. The second-order valence-corrected chi connectivity index (χ2v) is 6.92. The molecule has 0 atom stereocenters. The van der Waals surface area contributed by atoms with Crippen LogP contribution in [0.2, 0.25) is 0 Å². The van der Waals surface area contributed by atoms with Crippen molar-refractivity contribution in [2.24, 2.45) is 0 Å². The van der Waals surface area contributed by atoms with Crippen molar-refractivity contribution >= 4 is 23.6 Å². The molecule has 1 aliphatic carbocycles. The highest BCUT2D eigenvalue weighted by atomic mass is 16.7. The smallest absolute Gasteiger partial charge is 0.270 e. The first-order chi connectivity index (χ1) is 14.0. The molecule has 4 rings (SSSR count). The molecule has 0 radical (unpaired) electrons. The van der Waals surface area contributed by atoms with Crippen LogP contribution in [0.5, 0.6) is 17.2 Å². The van der Waals surface area contributed by atoms with Gasteiger partial charge < -0.3 is 19.5 Å². The summed E-state index contributed by atoms with van der Waals surface area (Å²) in [5, 5.41) is 13.5. The van der Waals surface area contributed by atoms with E-state index in [0.29, 0.717) is 23.5 Å². The fraction of sp³-hybridized carbons (Fsp3) is 0.300. The van der Waals surface area contributed by atoms with Crippen LogP contribution in [0.3, 0.4) is 0 Å². The predicted molar refractivity (Wildman–Crippen MR) is 102 cm³/mol. The predicted octanol–water partition coefficient (Wildman–Crippen LogP) is 3.47. The number of hydrogen-bond donors (Lipinski definition) is 1. The lowest BCUT2D eigenvalue weighted by atomic mass is 10.2. The molecule has 0 aromatic heterocycles. The zero-order valence-corrected chi connectivity index (χ0v) is 15.4. The highest BCUT2D eigenvalue weighted by molar-refractivity contribution is 5.92. The number of nitrogens with zero attached hydrogens (tertiary/aromatic N) is 1. The molecule has 150 valence electrons. The molecule has 1 saturated carbocycles. The second kappa shape index (κ2) is 7.42. The van der Waals surface area contributed by atoms with Crippen LogP contribution in [0.4, 0.5) is 11.4 Å². The van der Waals surface area contributed by atoms with E-state index in [4.69, 9.17) is 14.2 Å². The minimum absolute atomic E-state index is 0.00283. The zero-order valence-electron chi connectivity index (χ0n) is 15.4. The van der Waals surface area contributed by atoms with Crippen molar-refractivity contribution in [3.05, 3.63) is 52.1 Å². The second-order valence-electron chi connectivity index (χ2n) is 6.92. The number of aldehydes is 1. The number of carbonyl (C=O) groups excluding carboxylic acids is 2. The summed E-state index contributed by atoms with van der Waals surface area (Å²) in [6.07, 6.45) is 4.23. The van der Waals surface area contributed by atoms with Gasteiger partial charge in [-0.3, -0.25) is 19.7 Å². The van der Waals surface area contributed by atoms with Crippen molar-refractivity contribution in [2.75, 3.05) is 11.9 Å². The minimum atomic E-state index is -0.612. The van der Waals surface area contributed by atoms with E-state index in [2.05, 4.69) is 5.32 Å². The van der Waals surface area contributed by atoms with E-state index >= 15 is 0 Å². The van der Waals surface area contributed by atoms with E-state index in [-0.39, 0.29) is 23.6 Å². The van der Waals surface area contributed by atoms with Crippen molar-refractivity contribution in [3.8, 4) is 17.2 Å². The molecular formula is C20H18N2O7. The Morgan fingerprint density at radius 3 is 2.66 bits per heavy atom. The Kier molecular flexibility index (Phi) is 4.79. The van der Waals surface area contributed by atoms with Crippen LogP contribution in [0.1, 0.15) is 36.0 Å². The molecule has 2 aromatic carbocycles. The summed E-state index contributed by atoms with van der Waals surface area (Å²) in [5.41, 5.74) is 0.288. The molecule has 1 aliphatic heterocycles. The summed E-state index contributed by atoms with van der Waals surface area (Å²) < 4.78 is 17.2. The zero-order chi connectivity index (χ0) is 20.4. The summed E-state index contributed by atoms with van der Waals surface area (Å²) in [4.78, 5) is 33.5. The summed E-state index contributed by atoms with van der Waals surface area (Å²) in [6, 6.07) is 8.74. The summed E-state index contributed by atoms with van der Waals surface area (Å²) in [5.74, 6) is 0.311. The molecule has 1 heterocycles. The first-order valence-electron chi connectivity index (χ1n) is 9.16. The van der Waals surface area contributed by atoms with Crippen LogP contribution in [-0.2, 0) is 4.79 Å². The molecule has 1 spiro atoms. The Hall–Kier alpha value is -3.62. The number of nitro groups is 1. The first kappa shape index (κ1) is 18.7. The molecule has 9 heteroatoms. The number of hydrogen-bond acceptors (Lipinski definition) is 7. The summed E-state index contributed by atoms with van der Waals surface area (Å²) in [6.45, 7) is -0.364. The average molecular weight is 398 g/mol. The molecule has 0 bridgehead atoms. The molecule has 1 fully saturated rings. The van der Waals surface area contributed by atoms with Gasteiger partial charge in [0.15, 0.2) is 24.4 Å². The van der Waals surface area contributed by atoms with E-state index in [0.717, 1.165) is 31.7 Å². The molecule has 1 N–H and O–H groups in total. The quantitative estimate of drug-likeness (QED) is 0.450. The molecule has 0 saturated heterocycles. The third kappa shape index (κ3) is 3.84. The number of carbonyl (C=O) groups is 2. The van der Waals surface area contributed by atoms with Crippen molar-refractivity contribution in [3.63, 3.8) is 0 Å². The minimum Gasteiger partial charge on any atom is -0.483 e. The number of fused-ring (bicyclic) bond motifs is 1. The third-order valence-electron chi connectivity index (χ3n) is 4.87. The van der Waals surface area contributed by atoms with E-state index in [9.17, 15) is 19.7 Å². The van der Waals surface area contributed by atoms with Crippen molar-refractivity contribution in [1.29, 1.82) is 0 Å². The van der Waals surface area contributed by atoms with Crippen LogP contribution in [0, 0.1) is 10.1 Å². The SMILES string of the molecule is O=Cc1cc([N+](=O)[O-])ccc1OCC(=O)Nc1ccc2c(c1)OC1(CCCC1)O2. The number of nitrogens with one attached hydrogen (secondary N) is 1. The molecule has 0 unspecified atom stereocenters. The van der Waals surface area contributed by atoms with Gasteiger partial charge in [0.2, 0.25) is 0 Å². The van der Waals surface area contributed by atoms with E-state index in [1.165, 1.54) is 12.1 Å². The van der Waals surface area contributed by atoms with Crippen LogP contribution in [0.25, 0.3) is 0 Å². The molecular weight excluding hydrogens is 380 g/mol. The molecule has 2 aromatic rings. The van der Waals surface area contributed by atoms with Crippen LogP contribution in [-0.4, -0.2) is 29.5 Å². The van der Waals surface area contributed by atoms with Crippen LogP contribution < -0.4 is 19.5 Å². The lowest BCUT2D eigenvalue weighted by Crippen LogP contribution is -2.34. The number of non-ortho nitro benzene ring substituents is 1. The van der Waals surface area contributed by atoms with E-state index < -0.39 is 16.6 Å². The largest absolute Gasteiger partial charge is 0.483 e. The van der Waals surface area contributed by atoms with Gasteiger partial charge in [0.05, 0.1) is 10.5 Å². The van der Waals surface area contributed by atoms with Crippen molar-refractivity contribution < 1.29 is 28.7 Å². The monoisotopic (exact) mass is 398 g/mol. The number of nitro benzene ring substituents is 1. The lowest BCUT2D eigenvalue weighted by Gasteiger charge is -2.21. The Morgan fingerprint density at radius 1 is 1.17 bits per heavy atom. The number of rotatable bonds is 6. The fourth-order valence-electron chi connectivity index (χ4n) is 3.50. The summed E-state index contributed by atoms with van der Waals surface area (Å²) in [7, 11) is 0. The maximum atomic E-state index is 12.2. The first-order valence-corrected chi connectivity index (χ1v) is 9.16. The number of amides is 1. The van der Waals surface area contributed by atoms with Gasteiger partial charge >= 0.3 is 0 Å². The van der Waals surface area contributed by atoms with Gasteiger partial charge in [-0.05, 0) is 31.0 Å². The summed E-state index contributed by atoms with van der Waals surface area (Å²) >= 11 is 0. The van der Waals surface area contributed by atoms with Crippen LogP contribution in [0.15, 0.2) is 36.4 Å². The van der Waals surface area contributed by atoms with Gasteiger partial charge in [0, 0.05) is 36.7 Å². The topological polar surface area (TPSA) is 117 Å². The molecule has 2 aliphatic rings. The lowest BCUT2D eigenvalue weighted by molar-refractivity contribution is -0.384. The number of benzene rings is 2. The molecule has 9 nitrogen and oxygen atoms in total. The Balaban J connectivity index is 1.38. The van der Waals surface area contributed by atoms with Gasteiger partial charge in [0.1, 0.15) is 5.75 Å². The fourth-order valence-corrected chi connectivity index (χ4v) is 3.50. The van der Waals surface area contributed by atoms with Gasteiger partial charge in [-0.25, -0.2) is 0 Å². The van der Waals surface area contributed by atoms with Gasteiger partial charge in [0.25, 0.3) is 17.4 Å². The van der Waals surface area contributed by atoms with Crippen molar-refractivity contribution in [1.82, 2.24) is 0 Å². The molecule has 29 heavy (non-hydrogen) atoms. The number of anilines is 1. The Morgan fingerprint density at radius 2 is 1.93 bits per heavy atom. The average Bonchev–Trinajstić information content (AvgIpc) is 3.31. The van der Waals surface area contributed by atoms with E-state index in [1.807, 2.05) is 0 Å². The Labute approximate surface area is 165 Å². The maximum absolute atomic E-state index is 12.2. The standard InChI is InChI=1S/C20H18N2O7/c23-11-13-9-15(22(25)26)4-6-16(13)27-12-19(24)21-14-3-5-17-18(10-14)29-20(28-17)7-1-2-8-20/h3-6,9-11H,1-2,7-8,12H2,(H,21,24). The molecule has 1 amide bonds.